The molecule has 0 amide bonds. The van der Waals surface area contributed by atoms with Crippen LogP contribution in [0.4, 0.5) is 0 Å². The van der Waals surface area contributed by atoms with E-state index < -0.39 is 14.0 Å². The molecule has 1 atom stereocenters. The van der Waals surface area contributed by atoms with Crippen LogP contribution in [0.25, 0.3) is 0 Å². The number of carboxylic acids is 1. The van der Waals surface area contributed by atoms with Gasteiger partial charge in [-0.3, -0.25) is 4.79 Å². The molecule has 0 bridgehead atoms. The number of carboxylic acid groups (broad SMARTS) is 1. The van der Waals surface area contributed by atoms with Crippen LogP contribution in [0, 0.1) is 0 Å². The van der Waals surface area contributed by atoms with E-state index in [9.17, 15) is 4.79 Å². The first-order valence-electron chi connectivity index (χ1n) is 7.79. The standard InChI is InChI=1S/C17H32O3Si/c1-13(2)21(14(3)4,15(5)6)11-9-8-10-16(20-7)12-17(18)19/h8-11,13-16H,12H2,1-7H3,(H,18,19)/b10-8+,11-9-/t16-/m0/s1. The van der Waals surface area contributed by atoms with Gasteiger partial charge in [-0.05, 0) is 16.6 Å². The monoisotopic (exact) mass is 312 g/mol. The first kappa shape index (κ1) is 20.1. The summed E-state index contributed by atoms with van der Waals surface area (Å²) in [5.74, 6) is -0.842. The number of hydrogen-bond donors (Lipinski definition) is 1. The highest BCUT2D eigenvalue weighted by atomic mass is 28.3. The van der Waals surface area contributed by atoms with E-state index in [-0.39, 0.29) is 12.5 Å². The molecule has 0 aliphatic heterocycles. The average molecular weight is 313 g/mol. The zero-order chi connectivity index (χ0) is 16.6. The van der Waals surface area contributed by atoms with Crippen LogP contribution >= 0.6 is 0 Å². The minimum Gasteiger partial charge on any atom is -0.481 e. The Kier molecular flexibility index (Phi) is 8.82. The normalized spacial score (nSPS) is 15.0. The molecular weight excluding hydrogens is 280 g/mol. The lowest BCUT2D eigenvalue weighted by Gasteiger charge is -2.40. The fourth-order valence-corrected chi connectivity index (χ4v) is 8.99. The van der Waals surface area contributed by atoms with Crippen molar-refractivity contribution in [1.29, 1.82) is 0 Å². The number of methoxy groups -OCH3 is 1. The van der Waals surface area contributed by atoms with Crippen molar-refractivity contribution in [3.05, 3.63) is 23.9 Å². The lowest BCUT2D eigenvalue weighted by molar-refractivity contribution is -0.138. The molecule has 0 radical (unpaired) electrons. The molecule has 122 valence electrons. The molecule has 0 saturated carbocycles. The van der Waals surface area contributed by atoms with Gasteiger partial charge in [-0.2, -0.15) is 0 Å². The van der Waals surface area contributed by atoms with Crippen molar-refractivity contribution in [1.82, 2.24) is 0 Å². The molecule has 0 aliphatic rings. The summed E-state index contributed by atoms with van der Waals surface area (Å²) in [6.45, 7) is 13.9. The van der Waals surface area contributed by atoms with Gasteiger partial charge >= 0.3 is 5.97 Å². The minimum absolute atomic E-state index is 0.00194. The second-order valence-corrected chi connectivity index (χ2v) is 12.4. The largest absolute Gasteiger partial charge is 0.481 e. The van der Waals surface area contributed by atoms with Crippen molar-refractivity contribution in [3.8, 4) is 0 Å². The molecule has 21 heavy (non-hydrogen) atoms. The van der Waals surface area contributed by atoms with Gasteiger partial charge in [-0.25, -0.2) is 0 Å². The molecule has 4 heteroatoms. The third kappa shape index (κ3) is 5.79. The highest BCUT2D eigenvalue weighted by molar-refractivity contribution is 6.88. The summed E-state index contributed by atoms with van der Waals surface area (Å²) in [5.41, 5.74) is 4.45. The Morgan fingerprint density at radius 3 is 1.86 bits per heavy atom. The topological polar surface area (TPSA) is 46.5 Å². The predicted molar refractivity (Wildman–Crippen MR) is 92.4 cm³/mol. The zero-order valence-electron chi connectivity index (χ0n) is 14.6. The maximum Gasteiger partial charge on any atom is 0.306 e. The summed E-state index contributed by atoms with van der Waals surface area (Å²) in [4.78, 5) is 10.7. The quantitative estimate of drug-likeness (QED) is 0.491. The van der Waals surface area contributed by atoms with Gasteiger partial charge in [-0.1, -0.05) is 65.5 Å². The second-order valence-electron chi connectivity index (χ2n) is 6.58. The molecule has 0 heterocycles. The van der Waals surface area contributed by atoms with E-state index in [1.807, 2.05) is 12.2 Å². The van der Waals surface area contributed by atoms with Crippen molar-refractivity contribution in [3.63, 3.8) is 0 Å². The third-order valence-corrected chi connectivity index (χ3v) is 11.3. The second kappa shape index (κ2) is 9.21. The molecule has 0 aromatic heterocycles. The summed E-state index contributed by atoms with van der Waals surface area (Å²) in [5, 5.41) is 8.79. The van der Waals surface area contributed by atoms with Crippen LogP contribution in [-0.2, 0) is 9.53 Å². The zero-order valence-corrected chi connectivity index (χ0v) is 15.6. The molecule has 0 rings (SSSR count). The highest BCUT2D eigenvalue weighted by Gasteiger charge is 2.39. The van der Waals surface area contributed by atoms with E-state index in [2.05, 4.69) is 53.3 Å². The summed E-state index contributed by atoms with van der Waals surface area (Å²) in [7, 11) is 0.00801. The molecule has 0 saturated heterocycles. The van der Waals surface area contributed by atoms with E-state index in [0.717, 1.165) is 0 Å². The summed E-state index contributed by atoms with van der Waals surface area (Å²) >= 11 is 0. The molecule has 0 aromatic carbocycles. The minimum atomic E-state index is -1.53. The molecule has 0 unspecified atom stereocenters. The van der Waals surface area contributed by atoms with E-state index in [4.69, 9.17) is 9.84 Å². The van der Waals surface area contributed by atoms with E-state index >= 15 is 0 Å². The van der Waals surface area contributed by atoms with Crippen molar-refractivity contribution in [2.45, 2.75) is 70.7 Å². The number of ether oxygens (including phenoxy) is 1. The SMILES string of the molecule is CO[C@@H](/C=C/C=C\[Si](C(C)C)(C(C)C)C(C)C)CC(=O)O. The first-order valence-corrected chi connectivity index (χ1v) is 10.1. The van der Waals surface area contributed by atoms with Crippen LogP contribution in [0.1, 0.15) is 48.0 Å². The Labute approximate surface area is 131 Å². The lowest BCUT2D eigenvalue weighted by Crippen LogP contribution is -2.42. The molecular formula is C17H32O3Si. The van der Waals surface area contributed by atoms with Crippen LogP contribution in [0.3, 0.4) is 0 Å². The van der Waals surface area contributed by atoms with Crippen molar-refractivity contribution >= 4 is 14.0 Å². The van der Waals surface area contributed by atoms with Gasteiger partial charge in [0.2, 0.25) is 0 Å². The van der Waals surface area contributed by atoms with Gasteiger partial charge in [0.25, 0.3) is 0 Å². The van der Waals surface area contributed by atoms with Gasteiger partial charge in [0.05, 0.1) is 20.6 Å². The average Bonchev–Trinajstić information content (AvgIpc) is 2.35. The Bertz CT molecular complexity index is 348. The van der Waals surface area contributed by atoms with E-state index in [1.165, 1.54) is 7.11 Å². The van der Waals surface area contributed by atoms with Gasteiger partial charge < -0.3 is 9.84 Å². The highest BCUT2D eigenvalue weighted by Crippen LogP contribution is 2.42. The maximum atomic E-state index is 10.7. The number of hydrogen-bond acceptors (Lipinski definition) is 2. The first-order chi connectivity index (χ1) is 9.68. The van der Waals surface area contributed by atoms with Crippen LogP contribution in [0.2, 0.25) is 16.6 Å². The number of allylic oxidation sites excluding steroid dienone is 2. The van der Waals surface area contributed by atoms with E-state index in [1.54, 1.807) is 0 Å². The van der Waals surface area contributed by atoms with Crippen LogP contribution in [0.5, 0.6) is 0 Å². The van der Waals surface area contributed by atoms with Gasteiger partial charge in [0.15, 0.2) is 0 Å². The van der Waals surface area contributed by atoms with Crippen LogP contribution in [0.15, 0.2) is 23.9 Å². The molecule has 1 N–H and O–H groups in total. The fraction of sp³-hybridized carbons (Fsp3) is 0.706. The van der Waals surface area contributed by atoms with E-state index in [0.29, 0.717) is 16.6 Å². The van der Waals surface area contributed by atoms with Crippen molar-refractivity contribution in [2.24, 2.45) is 0 Å². The third-order valence-electron chi connectivity index (χ3n) is 4.50. The van der Waals surface area contributed by atoms with Gasteiger partial charge in [-0.15, -0.1) is 0 Å². The summed E-state index contributed by atoms with van der Waals surface area (Å²) < 4.78 is 5.15. The van der Waals surface area contributed by atoms with Crippen LogP contribution < -0.4 is 0 Å². The molecule has 0 spiro atoms. The van der Waals surface area contributed by atoms with Crippen LogP contribution in [-0.4, -0.2) is 32.4 Å². The number of aliphatic carboxylic acids is 1. The number of carbonyl (C=O) groups is 1. The molecule has 3 nitrogen and oxygen atoms in total. The summed E-state index contributed by atoms with van der Waals surface area (Å²) in [6.07, 6.45) is 5.50. The lowest BCUT2D eigenvalue weighted by atomic mass is 10.2. The summed E-state index contributed by atoms with van der Waals surface area (Å²) in [6, 6.07) is 0. The Balaban J connectivity index is 5.06. The fourth-order valence-electron chi connectivity index (χ4n) is 3.39. The molecule has 0 aromatic rings. The Morgan fingerprint density at radius 2 is 1.52 bits per heavy atom. The van der Waals surface area contributed by atoms with Crippen molar-refractivity contribution < 1.29 is 14.6 Å². The smallest absolute Gasteiger partial charge is 0.306 e. The maximum absolute atomic E-state index is 10.7. The number of rotatable bonds is 9. The van der Waals surface area contributed by atoms with Crippen molar-refractivity contribution in [2.75, 3.05) is 7.11 Å². The Hall–Kier alpha value is -0.873. The molecule has 0 fully saturated rings. The van der Waals surface area contributed by atoms with Gasteiger partial charge in [0, 0.05) is 7.11 Å². The van der Waals surface area contributed by atoms with Gasteiger partial charge in [0.1, 0.15) is 0 Å². The predicted octanol–water partition coefficient (Wildman–Crippen LogP) is 4.81. The Morgan fingerprint density at radius 1 is 1.05 bits per heavy atom. The molecule has 0 aliphatic carbocycles.